The molecule has 0 saturated carbocycles. The predicted molar refractivity (Wildman–Crippen MR) is 81.1 cm³/mol. The molecule has 0 fully saturated rings. The van der Waals surface area contributed by atoms with Gasteiger partial charge in [0.1, 0.15) is 0 Å². The predicted octanol–water partition coefficient (Wildman–Crippen LogP) is 4.01. The van der Waals surface area contributed by atoms with Gasteiger partial charge in [-0.2, -0.15) is 0 Å². The number of halogens is 1. The first-order chi connectivity index (χ1) is 8.74. The van der Waals surface area contributed by atoms with Crippen LogP contribution in [0.25, 0.3) is 0 Å². The molecule has 1 nitrogen and oxygen atoms in total. The third-order valence-corrected chi connectivity index (χ3v) is 4.12. The number of fused-ring (bicyclic) bond motifs is 1. The van der Waals surface area contributed by atoms with E-state index in [-0.39, 0.29) is 5.78 Å². The maximum atomic E-state index is 12.4. The summed E-state index contributed by atoms with van der Waals surface area (Å²) in [7, 11) is 0. The van der Waals surface area contributed by atoms with Crippen LogP contribution < -0.4 is 0 Å². The zero-order valence-electron chi connectivity index (χ0n) is 9.95. The molecule has 0 saturated heterocycles. The lowest BCUT2D eigenvalue weighted by molar-refractivity contribution is 0.103. The average Bonchev–Trinajstić information content (AvgIpc) is 2.85. The summed E-state index contributed by atoms with van der Waals surface area (Å²) in [6.45, 7) is 0. The van der Waals surface area contributed by atoms with Crippen molar-refractivity contribution in [2.24, 2.45) is 0 Å². The van der Waals surface area contributed by atoms with Crippen LogP contribution in [0.15, 0.2) is 42.5 Å². The van der Waals surface area contributed by atoms with E-state index in [0.717, 1.165) is 27.5 Å². The highest BCUT2D eigenvalue weighted by Crippen LogP contribution is 2.24. The van der Waals surface area contributed by atoms with Gasteiger partial charge >= 0.3 is 0 Å². The second-order valence-electron chi connectivity index (χ2n) is 4.68. The molecule has 0 unspecified atom stereocenters. The lowest BCUT2D eigenvalue weighted by Crippen LogP contribution is -2.02. The quantitative estimate of drug-likeness (QED) is 0.592. The van der Waals surface area contributed by atoms with Crippen molar-refractivity contribution < 1.29 is 4.79 Å². The lowest BCUT2D eigenvalue weighted by Gasteiger charge is -2.05. The highest BCUT2D eigenvalue weighted by atomic mass is 127. The van der Waals surface area contributed by atoms with Crippen LogP contribution in [0.4, 0.5) is 0 Å². The SMILES string of the molecule is O=C(c1cccc(I)c1)c1ccc2c(c1)CCC2. The molecule has 2 aromatic rings. The van der Waals surface area contributed by atoms with Gasteiger partial charge in [-0.15, -0.1) is 0 Å². The number of hydrogen-bond donors (Lipinski definition) is 0. The number of hydrogen-bond acceptors (Lipinski definition) is 1. The van der Waals surface area contributed by atoms with Crippen LogP contribution in [-0.2, 0) is 12.8 Å². The largest absolute Gasteiger partial charge is 0.289 e. The molecule has 1 aliphatic carbocycles. The van der Waals surface area contributed by atoms with Crippen molar-refractivity contribution in [2.45, 2.75) is 19.3 Å². The summed E-state index contributed by atoms with van der Waals surface area (Å²) in [6.07, 6.45) is 3.49. The minimum absolute atomic E-state index is 0.128. The summed E-state index contributed by atoms with van der Waals surface area (Å²) in [4.78, 5) is 12.4. The molecule has 0 bridgehead atoms. The number of carbonyl (C=O) groups is 1. The fourth-order valence-electron chi connectivity index (χ4n) is 2.51. The molecular formula is C16H13IO. The normalized spacial score (nSPS) is 13.4. The molecule has 2 heteroatoms. The van der Waals surface area contributed by atoms with E-state index in [4.69, 9.17) is 0 Å². The Balaban J connectivity index is 1.98. The maximum Gasteiger partial charge on any atom is 0.193 e. The third-order valence-electron chi connectivity index (χ3n) is 3.45. The smallest absolute Gasteiger partial charge is 0.193 e. The zero-order chi connectivity index (χ0) is 12.5. The second kappa shape index (κ2) is 4.84. The van der Waals surface area contributed by atoms with Gasteiger partial charge in [0.2, 0.25) is 0 Å². The highest BCUT2D eigenvalue weighted by molar-refractivity contribution is 14.1. The van der Waals surface area contributed by atoms with Gasteiger partial charge < -0.3 is 0 Å². The van der Waals surface area contributed by atoms with E-state index in [2.05, 4.69) is 34.7 Å². The molecule has 0 amide bonds. The third kappa shape index (κ3) is 2.21. The minimum atomic E-state index is 0.128. The summed E-state index contributed by atoms with van der Waals surface area (Å²) in [5.74, 6) is 0.128. The number of carbonyl (C=O) groups excluding carboxylic acids is 1. The van der Waals surface area contributed by atoms with E-state index in [1.165, 1.54) is 17.5 Å². The number of ketones is 1. The first-order valence-corrected chi connectivity index (χ1v) is 7.24. The molecular weight excluding hydrogens is 335 g/mol. The summed E-state index contributed by atoms with van der Waals surface area (Å²) in [5, 5.41) is 0. The first kappa shape index (κ1) is 11.9. The molecule has 0 radical (unpaired) electrons. The Labute approximate surface area is 120 Å². The molecule has 1 aliphatic rings. The topological polar surface area (TPSA) is 17.1 Å². The van der Waals surface area contributed by atoms with Crippen molar-refractivity contribution in [2.75, 3.05) is 0 Å². The fraction of sp³-hybridized carbons (Fsp3) is 0.188. The van der Waals surface area contributed by atoms with Crippen molar-refractivity contribution >= 4 is 28.4 Å². The maximum absolute atomic E-state index is 12.4. The number of benzene rings is 2. The zero-order valence-corrected chi connectivity index (χ0v) is 12.1. The van der Waals surface area contributed by atoms with Crippen LogP contribution in [0.3, 0.4) is 0 Å². The first-order valence-electron chi connectivity index (χ1n) is 6.16. The van der Waals surface area contributed by atoms with E-state index in [1.54, 1.807) is 0 Å². The average molecular weight is 348 g/mol. The summed E-state index contributed by atoms with van der Waals surface area (Å²) < 4.78 is 1.10. The summed E-state index contributed by atoms with van der Waals surface area (Å²) >= 11 is 2.24. The fourth-order valence-corrected chi connectivity index (χ4v) is 3.05. The Bertz CT molecular complexity index is 616. The van der Waals surface area contributed by atoms with Crippen LogP contribution in [0, 0.1) is 3.57 Å². The van der Waals surface area contributed by atoms with E-state index in [0.29, 0.717) is 0 Å². The molecule has 18 heavy (non-hydrogen) atoms. The van der Waals surface area contributed by atoms with Crippen LogP contribution in [0.2, 0.25) is 0 Å². The van der Waals surface area contributed by atoms with Crippen molar-refractivity contribution in [1.82, 2.24) is 0 Å². The van der Waals surface area contributed by atoms with Crippen molar-refractivity contribution in [1.29, 1.82) is 0 Å². The van der Waals surface area contributed by atoms with E-state index in [9.17, 15) is 4.79 Å². The number of rotatable bonds is 2. The molecule has 0 heterocycles. The van der Waals surface area contributed by atoms with Crippen molar-refractivity contribution in [3.63, 3.8) is 0 Å². The summed E-state index contributed by atoms with van der Waals surface area (Å²) in [5.41, 5.74) is 4.36. The van der Waals surface area contributed by atoms with Gasteiger partial charge in [0.25, 0.3) is 0 Å². The summed E-state index contributed by atoms with van der Waals surface area (Å²) in [6, 6.07) is 13.9. The molecule has 0 atom stereocenters. The highest BCUT2D eigenvalue weighted by Gasteiger charge is 2.15. The Kier molecular flexibility index (Phi) is 3.20. The van der Waals surface area contributed by atoms with Gasteiger partial charge in [0, 0.05) is 14.7 Å². The Morgan fingerprint density at radius 3 is 2.56 bits per heavy atom. The molecule has 3 rings (SSSR count). The molecule has 0 aliphatic heterocycles. The Morgan fingerprint density at radius 2 is 1.72 bits per heavy atom. The van der Waals surface area contributed by atoms with Crippen molar-refractivity contribution in [3.05, 3.63) is 68.3 Å². The monoisotopic (exact) mass is 348 g/mol. The number of aryl methyl sites for hydroxylation is 2. The van der Waals surface area contributed by atoms with E-state index < -0.39 is 0 Å². The minimum Gasteiger partial charge on any atom is -0.289 e. The molecule has 90 valence electrons. The van der Waals surface area contributed by atoms with Crippen molar-refractivity contribution in [3.8, 4) is 0 Å². The van der Waals surface area contributed by atoms with Crippen LogP contribution in [0.5, 0.6) is 0 Å². The molecule has 0 aromatic heterocycles. The van der Waals surface area contributed by atoms with Gasteiger partial charge in [0.05, 0.1) is 0 Å². The van der Waals surface area contributed by atoms with Crippen LogP contribution in [0.1, 0.15) is 33.5 Å². The van der Waals surface area contributed by atoms with E-state index in [1.807, 2.05) is 30.3 Å². The van der Waals surface area contributed by atoms with Gasteiger partial charge in [-0.3, -0.25) is 4.79 Å². The van der Waals surface area contributed by atoms with Gasteiger partial charge in [-0.1, -0.05) is 24.3 Å². The second-order valence-corrected chi connectivity index (χ2v) is 5.92. The van der Waals surface area contributed by atoms with Gasteiger partial charge in [-0.25, -0.2) is 0 Å². The lowest BCUT2D eigenvalue weighted by atomic mass is 9.99. The molecule has 2 aromatic carbocycles. The Hall–Kier alpha value is -1.16. The Morgan fingerprint density at radius 1 is 0.944 bits per heavy atom. The molecule has 0 N–H and O–H groups in total. The molecule has 0 spiro atoms. The van der Waals surface area contributed by atoms with Crippen LogP contribution in [-0.4, -0.2) is 5.78 Å². The standard InChI is InChI=1S/C16H13IO/c17-15-6-2-5-13(10-15)16(18)14-8-7-11-3-1-4-12(11)9-14/h2,5-10H,1,3-4H2. The van der Waals surface area contributed by atoms with Gasteiger partial charge in [-0.05, 0) is 71.2 Å². The van der Waals surface area contributed by atoms with E-state index >= 15 is 0 Å². The van der Waals surface area contributed by atoms with Gasteiger partial charge in [0.15, 0.2) is 5.78 Å². The van der Waals surface area contributed by atoms with Crippen LogP contribution >= 0.6 is 22.6 Å².